The number of carbonyl (C=O) groups is 1. The highest BCUT2D eigenvalue weighted by Crippen LogP contribution is 2.14. The summed E-state index contributed by atoms with van der Waals surface area (Å²) in [4.78, 5) is 15.6. The Hall–Kier alpha value is -0.610. The number of likely N-dealkylation sites (N-methyl/N-ethyl adjacent to an activating group) is 2. The number of likely N-dealkylation sites (tertiary alicyclic amines) is 2. The van der Waals surface area contributed by atoms with Crippen molar-refractivity contribution in [2.75, 3.05) is 33.7 Å². The van der Waals surface area contributed by atoms with E-state index in [-0.39, 0.29) is 0 Å². The van der Waals surface area contributed by atoms with Crippen molar-refractivity contribution in [3.63, 3.8) is 0 Å². The third-order valence-corrected chi connectivity index (χ3v) is 3.72. The van der Waals surface area contributed by atoms with Crippen molar-refractivity contribution in [2.24, 2.45) is 0 Å². The minimum absolute atomic E-state index is 0.291. The summed E-state index contributed by atoms with van der Waals surface area (Å²) in [6.07, 6.45) is 4.27. The third kappa shape index (κ3) is 2.95. The highest BCUT2D eigenvalue weighted by Gasteiger charge is 2.26. The van der Waals surface area contributed by atoms with Gasteiger partial charge in [-0.25, -0.2) is 0 Å². The molecule has 0 aromatic rings. The van der Waals surface area contributed by atoms with E-state index < -0.39 is 0 Å². The predicted molar refractivity (Wildman–Crippen MR) is 64.3 cm³/mol. The van der Waals surface area contributed by atoms with Crippen LogP contribution < -0.4 is 5.32 Å². The van der Waals surface area contributed by atoms with Gasteiger partial charge in [0.05, 0.1) is 0 Å². The molecular formula is C12H23N3O. The smallest absolute Gasteiger partial charge is 0.222 e. The third-order valence-electron chi connectivity index (χ3n) is 3.72. The highest BCUT2D eigenvalue weighted by atomic mass is 16.2. The molecule has 0 aromatic heterocycles. The van der Waals surface area contributed by atoms with Gasteiger partial charge in [-0.15, -0.1) is 0 Å². The zero-order valence-corrected chi connectivity index (χ0v) is 10.4. The largest absolute Gasteiger partial charge is 0.344 e. The van der Waals surface area contributed by atoms with E-state index in [1.54, 1.807) is 0 Å². The quantitative estimate of drug-likeness (QED) is 0.734. The summed E-state index contributed by atoms with van der Waals surface area (Å²) in [5.41, 5.74) is 0. The lowest BCUT2D eigenvalue weighted by atomic mass is 10.0. The van der Waals surface area contributed by atoms with Gasteiger partial charge in [-0.2, -0.15) is 0 Å². The molecule has 2 aliphatic heterocycles. The van der Waals surface area contributed by atoms with Crippen LogP contribution in [0.25, 0.3) is 0 Å². The van der Waals surface area contributed by atoms with E-state index >= 15 is 0 Å². The van der Waals surface area contributed by atoms with Crippen LogP contribution >= 0.6 is 0 Å². The number of hydrogen-bond acceptors (Lipinski definition) is 3. The van der Waals surface area contributed by atoms with Crippen molar-refractivity contribution in [1.29, 1.82) is 0 Å². The monoisotopic (exact) mass is 225 g/mol. The van der Waals surface area contributed by atoms with Crippen LogP contribution in [0.4, 0.5) is 0 Å². The van der Waals surface area contributed by atoms with Gasteiger partial charge < -0.3 is 15.1 Å². The van der Waals surface area contributed by atoms with Crippen LogP contribution in [0.15, 0.2) is 0 Å². The second kappa shape index (κ2) is 5.15. The van der Waals surface area contributed by atoms with Crippen LogP contribution in [-0.4, -0.2) is 61.5 Å². The Labute approximate surface area is 98.0 Å². The van der Waals surface area contributed by atoms with Crippen LogP contribution in [0.5, 0.6) is 0 Å². The molecule has 4 nitrogen and oxygen atoms in total. The number of carbonyl (C=O) groups excluding carboxylic acids is 1. The van der Waals surface area contributed by atoms with E-state index in [4.69, 9.17) is 0 Å². The van der Waals surface area contributed by atoms with Crippen LogP contribution in [0, 0.1) is 0 Å². The second-order valence-electron chi connectivity index (χ2n) is 5.28. The number of nitrogens with zero attached hydrogens (tertiary/aromatic N) is 2. The summed E-state index contributed by atoms with van der Waals surface area (Å²) in [5.74, 6) is 0.291. The molecule has 0 aliphatic carbocycles. The molecule has 4 heteroatoms. The molecule has 2 heterocycles. The molecule has 16 heavy (non-hydrogen) atoms. The summed E-state index contributed by atoms with van der Waals surface area (Å²) < 4.78 is 0. The number of piperidine rings is 2. The van der Waals surface area contributed by atoms with Gasteiger partial charge in [0.25, 0.3) is 0 Å². The lowest BCUT2D eigenvalue weighted by Crippen LogP contribution is -2.53. The maximum atomic E-state index is 11.4. The zero-order valence-electron chi connectivity index (χ0n) is 10.4. The van der Waals surface area contributed by atoms with E-state index in [1.165, 1.54) is 19.4 Å². The fraction of sp³-hybridized carbons (Fsp3) is 0.917. The van der Waals surface area contributed by atoms with Gasteiger partial charge in [-0.1, -0.05) is 0 Å². The first-order valence-corrected chi connectivity index (χ1v) is 6.33. The molecule has 2 aliphatic rings. The maximum Gasteiger partial charge on any atom is 0.222 e. The van der Waals surface area contributed by atoms with Crippen molar-refractivity contribution in [3.05, 3.63) is 0 Å². The predicted octanol–water partition coefficient (Wildman–Crippen LogP) is 0.291. The molecule has 2 atom stereocenters. The molecular weight excluding hydrogens is 202 g/mol. The Kier molecular flexibility index (Phi) is 3.82. The van der Waals surface area contributed by atoms with E-state index in [0.717, 1.165) is 19.5 Å². The molecule has 2 rings (SSSR count). The number of rotatable bonds is 2. The molecule has 0 spiro atoms. The van der Waals surface area contributed by atoms with Gasteiger partial charge in [-0.3, -0.25) is 4.79 Å². The Morgan fingerprint density at radius 1 is 1.19 bits per heavy atom. The van der Waals surface area contributed by atoms with Gasteiger partial charge in [0.1, 0.15) is 0 Å². The first kappa shape index (κ1) is 11.9. The van der Waals surface area contributed by atoms with Gasteiger partial charge in [0, 0.05) is 38.6 Å². The Bertz CT molecular complexity index is 257. The van der Waals surface area contributed by atoms with E-state index in [2.05, 4.69) is 17.3 Å². The van der Waals surface area contributed by atoms with Gasteiger partial charge in [-0.05, 0) is 32.9 Å². The van der Waals surface area contributed by atoms with E-state index in [9.17, 15) is 4.79 Å². The summed E-state index contributed by atoms with van der Waals surface area (Å²) in [6, 6.07) is 1.12. The van der Waals surface area contributed by atoms with Crippen molar-refractivity contribution in [3.8, 4) is 0 Å². The lowest BCUT2D eigenvalue weighted by Gasteiger charge is -2.36. The molecule has 2 saturated heterocycles. The normalized spacial score (nSPS) is 33.1. The molecule has 0 radical (unpaired) electrons. The summed E-state index contributed by atoms with van der Waals surface area (Å²) >= 11 is 0. The SMILES string of the molecule is CN1CCCC(NC2CCC(=O)N(C)C2)C1. The molecule has 2 unspecified atom stereocenters. The molecule has 0 bridgehead atoms. The molecule has 0 aromatic carbocycles. The molecule has 92 valence electrons. The van der Waals surface area contributed by atoms with Gasteiger partial charge in [0.2, 0.25) is 5.91 Å². The fourth-order valence-corrected chi connectivity index (χ4v) is 2.78. The van der Waals surface area contributed by atoms with E-state index in [0.29, 0.717) is 24.4 Å². The first-order valence-electron chi connectivity index (χ1n) is 6.33. The minimum atomic E-state index is 0.291. The minimum Gasteiger partial charge on any atom is -0.344 e. The average molecular weight is 225 g/mol. The lowest BCUT2D eigenvalue weighted by molar-refractivity contribution is -0.132. The number of nitrogens with one attached hydrogen (secondary N) is 1. The first-order chi connectivity index (χ1) is 7.65. The van der Waals surface area contributed by atoms with Crippen LogP contribution in [0.1, 0.15) is 25.7 Å². The summed E-state index contributed by atoms with van der Waals surface area (Å²) in [7, 11) is 4.09. The highest BCUT2D eigenvalue weighted by molar-refractivity contribution is 5.76. The van der Waals surface area contributed by atoms with Crippen LogP contribution in [0.3, 0.4) is 0 Å². The Morgan fingerprint density at radius 3 is 2.62 bits per heavy atom. The summed E-state index contributed by atoms with van der Waals surface area (Å²) in [6.45, 7) is 3.24. The second-order valence-corrected chi connectivity index (χ2v) is 5.28. The zero-order chi connectivity index (χ0) is 11.5. The van der Waals surface area contributed by atoms with Gasteiger partial charge in [0.15, 0.2) is 0 Å². The maximum absolute atomic E-state index is 11.4. The van der Waals surface area contributed by atoms with Crippen molar-refractivity contribution in [2.45, 2.75) is 37.8 Å². The molecule has 0 saturated carbocycles. The van der Waals surface area contributed by atoms with Crippen molar-refractivity contribution in [1.82, 2.24) is 15.1 Å². The molecule has 1 amide bonds. The van der Waals surface area contributed by atoms with Gasteiger partial charge >= 0.3 is 0 Å². The van der Waals surface area contributed by atoms with Crippen LogP contribution in [-0.2, 0) is 4.79 Å². The van der Waals surface area contributed by atoms with E-state index in [1.807, 2.05) is 11.9 Å². The number of hydrogen-bond donors (Lipinski definition) is 1. The fourth-order valence-electron chi connectivity index (χ4n) is 2.78. The standard InChI is InChI=1S/C12H23N3O/c1-14-7-3-4-10(8-14)13-11-5-6-12(16)15(2)9-11/h10-11,13H,3-9H2,1-2H3. The number of amides is 1. The topological polar surface area (TPSA) is 35.6 Å². The van der Waals surface area contributed by atoms with Crippen LogP contribution in [0.2, 0.25) is 0 Å². The van der Waals surface area contributed by atoms with Crippen molar-refractivity contribution < 1.29 is 4.79 Å². The Balaban J connectivity index is 1.78. The van der Waals surface area contributed by atoms with Crippen molar-refractivity contribution >= 4 is 5.91 Å². The average Bonchev–Trinajstić information content (AvgIpc) is 2.24. The summed E-state index contributed by atoms with van der Waals surface area (Å²) in [5, 5.41) is 3.70. The Morgan fingerprint density at radius 2 is 1.94 bits per heavy atom. The molecule has 1 N–H and O–H groups in total. The molecule has 2 fully saturated rings.